The molecule has 102 valence electrons. The van der Waals surface area contributed by atoms with Gasteiger partial charge in [-0.15, -0.1) is 0 Å². The van der Waals surface area contributed by atoms with Crippen molar-refractivity contribution in [3.8, 4) is 5.75 Å². The molecule has 0 saturated heterocycles. The quantitative estimate of drug-likeness (QED) is 0.507. The van der Waals surface area contributed by atoms with Crippen molar-refractivity contribution in [1.82, 2.24) is 4.98 Å². The highest BCUT2D eigenvalue weighted by atomic mass is 79.9. The smallest absolute Gasteiger partial charge is 0.313 e. The van der Waals surface area contributed by atoms with Gasteiger partial charge in [-0.2, -0.15) is 5.10 Å². The zero-order chi connectivity index (χ0) is 14.5. The summed E-state index contributed by atoms with van der Waals surface area (Å²) < 4.78 is 0.778. The monoisotopic (exact) mass is 336 g/mol. The molecule has 0 fully saturated rings. The third-order valence-corrected chi connectivity index (χ3v) is 2.84. The Kier molecular flexibility index (Phi) is 4.26. The minimum Gasteiger partial charge on any atom is -0.507 e. The molecule has 0 spiro atoms. The lowest BCUT2D eigenvalue weighted by Crippen LogP contribution is -1.99. The van der Waals surface area contributed by atoms with Crippen molar-refractivity contribution in [2.75, 3.05) is 5.43 Å². The van der Waals surface area contributed by atoms with E-state index in [1.807, 2.05) is 0 Å². The van der Waals surface area contributed by atoms with Gasteiger partial charge in [-0.25, -0.2) is 4.98 Å². The van der Waals surface area contributed by atoms with Crippen molar-refractivity contribution in [1.29, 1.82) is 0 Å². The number of halogens is 1. The zero-order valence-corrected chi connectivity index (χ0v) is 11.6. The van der Waals surface area contributed by atoms with E-state index in [1.165, 1.54) is 30.6 Å². The molecule has 0 unspecified atom stereocenters. The maximum atomic E-state index is 10.8. The van der Waals surface area contributed by atoms with E-state index in [1.54, 1.807) is 12.1 Å². The summed E-state index contributed by atoms with van der Waals surface area (Å²) in [6.45, 7) is 0. The lowest BCUT2D eigenvalue weighted by molar-refractivity contribution is -0.384. The van der Waals surface area contributed by atoms with Crippen molar-refractivity contribution >= 4 is 33.6 Å². The second kappa shape index (κ2) is 6.11. The molecule has 0 atom stereocenters. The highest BCUT2D eigenvalue weighted by Gasteiger charge is 2.12. The molecule has 1 heterocycles. The predicted molar refractivity (Wildman–Crippen MR) is 77.9 cm³/mol. The van der Waals surface area contributed by atoms with Crippen molar-refractivity contribution in [2.24, 2.45) is 5.10 Å². The van der Waals surface area contributed by atoms with Gasteiger partial charge in [-0.3, -0.25) is 15.5 Å². The molecule has 8 heteroatoms. The fourth-order valence-corrected chi connectivity index (χ4v) is 1.80. The lowest BCUT2D eigenvalue weighted by Gasteiger charge is -2.01. The van der Waals surface area contributed by atoms with Crippen LogP contribution in [0.5, 0.6) is 5.75 Å². The van der Waals surface area contributed by atoms with Gasteiger partial charge in [0.1, 0.15) is 5.75 Å². The van der Waals surface area contributed by atoms with Crippen molar-refractivity contribution < 1.29 is 10.0 Å². The van der Waals surface area contributed by atoms with Crippen molar-refractivity contribution in [3.05, 3.63) is 56.7 Å². The molecule has 0 saturated carbocycles. The number of benzene rings is 1. The van der Waals surface area contributed by atoms with Crippen LogP contribution in [0.15, 0.2) is 46.1 Å². The molecule has 2 N–H and O–H groups in total. The van der Waals surface area contributed by atoms with Gasteiger partial charge >= 0.3 is 5.69 Å². The molecular weight excluding hydrogens is 328 g/mol. The fraction of sp³-hybridized carbons (Fsp3) is 0. The number of pyridine rings is 1. The molecule has 2 rings (SSSR count). The van der Waals surface area contributed by atoms with Gasteiger partial charge in [0.15, 0.2) is 0 Å². The lowest BCUT2D eigenvalue weighted by atomic mass is 10.2. The number of rotatable bonds is 4. The summed E-state index contributed by atoms with van der Waals surface area (Å²) in [4.78, 5) is 14.1. The number of phenols is 1. The van der Waals surface area contributed by atoms with E-state index in [9.17, 15) is 15.2 Å². The van der Waals surface area contributed by atoms with Crippen LogP contribution >= 0.6 is 15.9 Å². The SMILES string of the molecule is O=[N+]([O-])c1cccnc1NN=Cc1cc(Br)ccc1O. The molecule has 1 aromatic carbocycles. The van der Waals surface area contributed by atoms with Gasteiger partial charge in [0.25, 0.3) is 0 Å². The third kappa shape index (κ3) is 3.29. The number of aromatic hydroxyl groups is 1. The molecule has 0 aliphatic carbocycles. The topological polar surface area (TPSA) is 101 Å². The van der Waals surface area contributed by atoms with Crippen molar-refractivity contribution in [2.45, 2.75) is 0 Å². The first-order valence-electron chi connectivity index (χ1n) is 5.45. The molecule has 0 amide bonds. The van der Waals surface area contributed by atoms with E-state index in [0.29, 0.717) is 5.56 Å². The maximum absolute atomic E-state index is 10.8. The Balaban J connectivity index is 2.18. The number of aromatic nitrogens is 1. The van der Waals surface area contributed by atoms with E-state index in [-0.39, 0.29) is 17.3 Å². The average Bonchev–Trinajstić information content (AvgIpc) is 2.43. The Morgan fingerprint density at radius 3 is 3.00 bits per heavy atom. The molecule has 1 aromatic heterocycles. The third-order valence-electron chi connectivity index (χ3n) is 2.35. The van der Waals surface area contributed by atoms with Crippen LogP contribution in [0, 0.1) is 10.1 Å². The van der Waals surface area contributed by atoms with Gasteiger partial charge in [-0.05, 0) is 24.3 Å². The highest BCUT2D eigenvalue weighted by Crippen LogP contribution is 2.22. The summed E-state index contributed by atoms with van der Waals surface area (Å²) in [5.41, 5.74) is 2.77. The summed E-state index contributed by atoms with van der Waals surface area (Å²) in [6, 6.07) is 7.64. The summed E-state index contributed by atoms with van der Waals surface area (Å²) >= 11 is 3.27. The predicted octanol–water partition coefficient (Wildman–Crippen LogP) is 2.90. The largest absolute Gasteiger partial charge is 0.507 e. The molecule has 20 heavy (non-hydrogen) atoms. The van der Waals surface area contributed by atoms with E-state index in [4.69, 9.17) is 0 Å². The van der Waals surface area contributed by atoms with Crippen LogP contribution in [0.4, 0.5) is 11.5 Å². The fourth-order valence-electron chi connectivity index (χ4n) is 1.42. The number of nitrogens with one attached hydrogen (secondary N) is 1. The molecule has 0 bridgehead atoms. The molecule has 0 aliphatic heterocycles. The Morgan fingerprint density at radius 2 is 2.25 bits per heavy atom. The summed E-state index contributed by atoms with van der Waals surface area (Å²) in [7, 11) is 0. The second-order valence-corrected chi connectivity index (χ2v) is 4.62. The van der Waals surface area contributed by atoms with Crippen molar-refractivity contribution in [3.63, 3.8) is 0 Å². The minimum atomic E-state index is -0.554. The van der Waals surface area contributed by atoms with Crippen LogP contribution in [0.3, 0.4) is 0 Å². The van der Waals surface area contributed by atoms with Gasteiger partial charge in [0.05, 0.1) is 11.1 Å². The average molecular weight is 337 g/mol. The molecule has 2 aromatic rings. The van der Waals surface area contributed by atoms with Crippen LogP contribution in [0.25, 0.3) is 0 Å². The Hall–Kier alpha value is -2.48. The number of nitrogens with zero attached hydrogens (tertiary/aromatic N) is 3. The van der Waals surface area contributed by atoms with E-state index in [0.717, 1.165) is 4.47 Å². The number of anilines is 1. The Morgan fingerprint density at radius 1 is 1.45 bits per heavy atom. The number of phenolic OH excluding ortho intramolecular Hbond substituents is 1. The maximum Gasteiger partial charge on any atom is 0.313 e. The first-order chi connectivity index (χ1) is 9.58. The zero-order valence-electron chi connectivity index (χ0n) is 10.0. The van der Waals surface area contributed by atoms with Crippen LogP contribution in [0.2, 0.25) is 0 Å². The van der Waals surface area contributed by atoms with Gasteiger partial charge < -0.3 is 5.11 Å². The van der Waals surface area contributed by atoms with E-state index < -0.39 is 4.92 Å². The van der Waals surface area contributed by atoms with Crippen LogP contribution in [-0.4, -0.2) is 21.2 Å². The highest BCUT2D eigenvalue weighted by molar-refractivity contribution is 9.10. The molecule has 0 aliphatic rings. The van der Waals surface area contributed by atoms with Gasteiger partial charge in [-0.1, -0.05) is 15.9 Å². The van der Waals surface area contributed by atoms with Gasteiger partial charge in [0.2, 0.25) is 5.82 Å². The number of nitro groups is 1. The van der Waals surface area contributed by atoms with E-state index in [2.05, 4.69) is 31.4 Å². The van der Waals surface area contributed by atoms with Crippen LogP contribution in [0.1, 0.15) is 5.56 Å². The summed E-state index contributed by atoms with van der Waals surface area (Å²) in [5.74, 6) is 0.0810. The Labute approximate surface area is 122 Å². The summed E-state index contributed by atoms with van der Waals surface area (Å²) in [5, 5.41) is 24.2. The normalized spacial score (nSPS) is 10.7. The molecular formula is C12H9BrN4O3. The van der Waals surface area contributed by atoms with E-state index >= 15 is 0 Å². The first-order valence-corrected chi connectivity index (χ1v) is 6.24. The number of hydrogen-bond acceptors (Lipinski definition) is 6. The Bertz CT molecular complexity index is 676. The number of hydrogen-bond donors (Lipinski definition) is 2. The molecule has 7 nitrogen and oxygen atoms in total. The minimum absolute atomic E-state index is 0.0308. The van der Waals surface area contributed by atoms with Gasteiger partial charge in [0, 0.05) is 22.3 Å². The first kappa shape index (κ1) is 13.9. The standard InChI is InChI=1S/C12H9BrN4O3/c13-9-3-4-11(18)8(6-9)7-15-16-12-10(17(19)20)2-1-5-14-12/h1-7,18H,(H,14,16). The van der Waals surface area contributed by atoms with Crippen LogP contribution in [-0.2, 0) is 0 Å². The summed E-state index contributed by atoms with van der Waals surface area (Å²) in [6.07, 6.45) is 2.76. The second-order valence-electron chi connectivity index (χ2n) is 3.70. The van der Waals surface area contributed by atoms with Crippen LogP contribution < -0.4 is 5.43 Å². The molecule has 0 radical (unpaired) electrons. The number of hydrazone groups is 1.